The molecule has 1 N–H and O–H groups in total. The van der Waals surface area contributed by atoms with E-state index in [0.29, 0.717) is 25.3 Å². The van der Waals surface area contributed by atoms with E-state index in [-0.39, 0.29) is 10.8 Å². The molecule has 0 spiro atoms. The van der Waals surface area contributed by atoms with Gasteiger partial charge < -0.3 is 9.64 Å². The van der Waals surface area contributed by atoms with E-state index in [2.05, 4.69) is 4.72 Å². The van der Waals surface area contributed by atoms with Crippen LogP contribution in [0.2, 0.25) is 0 Å². The van der Waals surface area contributed by atoms with Gasteiger partial charge in [-0.05, 0) is 49.1 Å². The minimum Gasteiger partial charge on any atom is -0.497 e. The number of nitrogens with one attached hydrogen (secondary N) is 1. The van der Waals surface area contributed by atoms with Gasteiger partial charge in [0, 0.05) is 13.1 Å². The molecule has 0 bridgehead atoms. The fourth-order valence-corrected chi connectivity index (χ4v) is 4.39. The number of nitrogens with zero attached hydrogens (tertiary/aromatic N) is 1. The van der Waals surface area contributed by atoms with Crippen molar-refractivity contribution in [1.29, 1.82) is 0 Å². The molecule has 27 heavy (non-hydrogen) atoms. The van der Waals surface area contributed by atoms with E-state index in [1.807, 2.05) is 30.3 Å². The number of ether oxygens (including phenoxy) is 1. The second kappa shape index (κ2) is 8.54. The molecule has 3 rings (SSSR count). The number of amides is 1. The van der Waals surface area contributed by atoms with E-state index in [0.717, 1.165) is 18.4 Å². The average molecular weight is 388 g/mol. The number of hydrogen-bond donors (Lipinski definition) is 1. The minimum absolute atomic E-state index is 0.107. The number of methoxy groups -OCH3 is 1. The van der Waals surface area contributed by atoms with Crippen LogP contribution in [0.3, 0.4) is 0 Å². The molecule has 1 aliphatic rings. The van der Waals surface area contributed by atoms with Crippen LogP contribution in [0.15, 0.2) is 59.5 Å². The number of sulfonamides is 1. The molecule has 1 amide bonds. The van der Waals surface area contributed by atoms with Gasteiger partial charge in [-0.1, -0.05) is 30.3 Å². The third kappa shape index (κ3) is 4.87. The summed E-state index contributed by atoms with van der Waals surface area (Å²) in [6, 6.07) is 14.7. The quantitative estimate of drug-likeness (QED) is 0.789. The van der Waals surface area contributed by atoms with Gasteiger partial charge in [0.15, 0.2) is 0 Å². The lowest BCUT2D eigenvalue weighted by Gasteiger charge is -2.24. The number of benzene rings is 2. The first kappa shape index (κ1) is 19.4. The Morgan fingerprint density at radius 2 is 1.70 bits per heavy atom. The van der Waals surface area contributed by atoms with Crippen LogP contribution in [0.4, 0.5) is 0 Å². The van der Waals surface area contributed by atoms with Crippen molar-refractivity contribution in [3.8, 4) is 5.75 Å². The smallest absolute Gasteiger partial charge is 0.241 e. The summed E-state index contributed by atoms with van der Waals surface area (Å²) < 4.78 is 33.3. The zero-order valence-corrected chi connectivity index (χ0v) is 16.1. The highest BCUT2D eigenvalue weighted by atomic mass is 32.2. The van der Waals surface area contributed by atoms with Crippen LogP contribution in [0.1, 0.15) is 18.4 Å². The van der Waals surface area contributed by atoms with Gasteiger partial charge in [0.2, 0.25) is 15.9 Å². The summed E-state index contributed by atoms with van der Waals surface area (Å²) in [7, 11) is -2.31. The molecule has 6 nitrogen and oxygen atoms in total. The number of hydrogen-bond acceptors (Lipinski definition) is 4. The predicted molar refractivity (Wildman–Crippen MR) is 103 cm³/mol. The van der Waals surface area contributed by atoms with Crippen LogP contribution in [0, 0.1) is 0 Å². The van der Waals surface area contributed by atoms with E-state index in [1.54, 1.807) is 17.0 Å². The molecule has 0 saturated carbocycles. The molecule has 1 heterocycles. The summed E-state index contributed by atoms with van der Waals surface area (Å²) in [5, 5.41) is 0. The maximum Gasteiger partial charge on any atom is 0.241 e. The van der Waals surface area contributed by atoms with Gasteiger partial charge in [-0.3, -0.25) is 4.79 Å². The predicted octanol–water partition coefficient (Wildman–Crippen LogP) is 2.21. The van der Waals surface area contributed by atoms with Gasteiger partial charge >= 0.3 is 0 Å². The molecular formula is C20H24N2O4S. The van der Waals surface area contributed by atoms with Crippen LogP contribution in [-0.4, -0.2) is 45.5 Å². The third-order valence-electron chi connectivity index (χ3n) is 4.67. The maximum atomic E-state index is 12.9. The molecule has 2 aromatic rings. The lowest BCUT2D eigenvalue weighted by atomic mass is 10.1. The fraction of sp³-hybridized carbons (Fsp3) is 0.350. The van der Waals surface area contributed by atoms with Crippen LogP contribution in [0.25, 0.3) is 0 Å². The largest absolute Gasteiger partial charge is 0.497 e. The van der Waals surface area contributed by atoms with Gasteiger partial charge in [0.1, 0.15) is 11.8 Å². The molecule has 7 heteroatoms. The Morgan fingerprint density at radius 1 is 1.07 bits per heavy atom. The zero-order valence-electron chi connectivity index (χ0n) is 15.3. The van der Waals surface area contributed by atoms with Gasteiger partial charge in [0.25, 0.3) is 0 Å². The van der Waals surface area contributed by atoms with E-state index >= 15 is 0 Å². The summed E-state index contributed by atoms with van der Waals surface area (Å²) in [4.78, 5) is 14.8. The van der Waals surface area contributed by atoms with Gasteiger partial charge in [-0.2, -0.15) is 4.72 Å². The molecule has 1 saturated heterocycles. The Kier molecular flexibility index (Phi) is 6.13. The van der Waals surface area contributed by atoms with Crippen molar-refractivity contribution >= 4 is 15.9 Å². The second-order valence-electron chi connectivity index (χ2n) is 6.57. The molecule has 0 aliphatic carbocycles. The van der Waals surface area contributed by atoms with E-state index in [1.165, 1.54) is 19.2 Å². The molecule has 1 aliphatic heterocycles. The summed E-state index contributed by atoms with van der Waals surface area (Å²) in [5.41, 5.74) is 0.910. The standard InChI is InChI=1S/C20H24N2O4S/c1-26-17-9-11-18(12-10-17)27(24,25)21-19(15-16-7-3-2-4-8-16)20(23)22-13-5-6-14-22/h2-4,7-12,19,21H,5-6,13-15H2,1H3/t19-/m0/s1. The highest BCUT2D eigenvalue weighted by molar-refractivity contribution is 7.89. The van der Waals surface area contributed by atoms with Crippen molar-refractivity contribution in [2.75, 3.05) is 20.2 Å². The van der Waals surface area contributed by atoms with Crippen LogP contribution in [-0.2, 0) is 21.2 Å². The van der Waals surface area contributed by atoms with Crippen molar-refractivity contribution in [3.63, 3.8) is 0 Å². The first-order valence-electron chi connectivity index (χ1n) is 8.99. The van der Waals surface area contributed by atoms with E-state index < -0.39 is 16.1 Å². The van der Waals surface area contributed by atoms with Gasteiger partial charge in [-0.15, -0.1) is 0 Å². The SMILES string of the molecule is COc1ccc(S(=O)(=O)N[C@@H](Cc2ccccc2)C(=O)N2CCCC2)cc1. The van der Waals surface area contributed by atoms with E-state index in [4.69, 9.17) is 4.74 Å². The highest BCUT2D eigenvalue weighted by Crippen LogP contribution is 2.18. The zero-order chi connectivity index (χ0) is 19.3. The number of carbonyl (C=O) groups excluding carboxylic acids is 1. The Morgan fingerprint density at radius 3 is 2.30 bits per heavy atom. The third-order valence-corrected chi connectivity index (χ3v) is 6.15. The van der Waals surface area contributed by atoms with Crippen LogP contribution < -0.4 is 9.46 Å². The van der Waals surface area contributed by atoms with Crippen molar-refractivity contribution in [2.24, 2.45) is 0 Å². The first-order chi connectivity index (χ1) is 13.0. The summed E-state index contributed by atoms with van der Waals surface area (Å²) in [6.45, 7) is 1.35. The molecule has 0 radical (unpaired) electrons. The normalized spacial score (nSPS) is 15.5. The summed E-state index contributed by atoms with van der Waals surface area (Å²) in [6.07, 6.45) is 2.22. The van der Waals surface area contributed by atoms with Crippen molar-refractivity contribution in [3.05, 3.63) is 60.2 Å². The molecule has 0 aromatic heterocycles. The average Bonchev–Trinajstić information content (AvgIpc) is 3.22. The minimum atomic E-state index is -3.83. The topological polar surface area (TPSA) is 75.7 Å². The Labute approximate surface area is 160 Å². The fourth-order valence-electron chi connectivity index (χ4n) is 3.20. The lowest BCUT2D eigenvalue weighted by molar-refractivity contribution is -0.131. The molecule has 1 atom stereocenters. The van der Waals surface area contributed by atoms with Crippen molar-refractivity contribution in [1.82, 2.24) is 9.62 Å². The Bertz CT molecular complexity index is 861. The number of carbonyl (C=O) groups is 1. The maximum absolute atomic E-state index is 12.9. The summed E-state index contributed by atoms with van der Waals surface area (Å²) >= 11 is 0. The van der Waals surface area contributed by atoms with Crippen LogP contribution >= 0.6 is 0 Å². The van der Waals surface area contributed by atoms with E-state index in [9.17, 15) is 13.2 Å². The Balaban J connectivity index is 1.83. The molecule has 144 valence electrons. The Hall–Kier alpha value is -2.38. The van der Waals surface area contributed by atoms with Crippen molar-refractivity contribution in [2.45, 2.75) is 30.2 Å². The molecular weight excluding hydrogens is 364 g/mol. The first-order valence-corrected chi connectivity index (χ1v) is 10.5. The van der Waals surface area contributed by atoms with Crippen molar-refractivity contribution < 1.29 is 17.9 Å². The molecule has 0 unspecified atom stereocenters. The van der Waals surface area contributed by atoms with Crippen LogP contribution in [0.5, 0.6) is 5.75 Å². The van der Waals surface area contributed by atoms with Gasteiger partial charge in [-0.25, -0.2) is 8.42 Å². The van der Waals surface area contributed by atoms with Gasteiger partial charge in [0.05, 0.1) is 12.0 Å². The number of likely N-dealkylation sites (tertiary alicyclic amines) is 1. The number of rotatable bonds is 7. The summed E-state index contributed by atoms with van der Waals surface area (Å²) in [5.74, 6) is 0.399. The molecule has 2 aromatic carbocycles. The molecule has 1 fully saturated rings. The lowest BCUT2D eigenvalue weighted by Crippen LogP contribution is -2.48. The highest BCUT2D eigenvalue weighted by Gasteiger charge is 2.30. The second-order valence-corrected chi connectivity index (χ2v) is 8.29. The monoisotopic (exact) mass is 388 g/mol.